The molecule has 0 bridgehead atoms. The van der Waals surface area contributed by atoms with Crippen LogP contribution in [-0.4, -0.2) is 110 Å². The molecule has 0 aromatic rings. The van der Waals surface area contributed by atoms with E-state index in [0.29, 0.717) is 0 Å². The van der Waals surface area contributed by atoms with Crippen LogP contribution in [0.4, 0.5) is 0 Å². The molecule has 9 N–H and O–H groups in total. The van der Waals surface area contributed by atoms with Crippen molar-refractivity contribution in [3.63, 3.8) is 0 Å². The van der Waals surface area contributed by atoms with E-state index in [0.717, 1.165) is 0 Å². The molecule has 13 heteroatoms. The van der Waals surface area contributed by atoms with Crippen molar-refractivity contribution in [3.05, 3.63) is 0 Å². The largest absolute Gasteiger partial charge is 0.481 e. The van der Waals surface area contributed by atoms with Crippen LogP contribution in [0.25, 0.3) is 0 Å². The topological polar surface area (TPSA) is 226 Å². The second kappa shape index (κ2) is 15.0. The molecule has 0 saturated carbocycles. The van der Waals surface area contributed by atoms with E-state index in [9.17, 15) is 34.8 Å². The van der Waals surface area contributed by atoms with E-state index in [1.807, 2.05) is 0 Å². The summed E-state index contributed by atoms with van der Waals surface area (Å²) in [5, 5.41) is 70.2. The Balaban J connectivity index is 5.13. The van der Waals surface area contributed by atoms with Crippen molar-refractivity contribution in [2.24, 2.45) is 0 Å². The van der Waals surface area contributed by atoms with Gasteiger partial charge < -0.3 is 51.1 Å². The number of amides is 2. The van der Waals surface area contributed by atoms with Crippen molar-refractivity contribution >= 4 is 17.8 Å². The molecule has 0 aliphatic heterocycles. The van der Waals surface area contributed by atoms with Gasteiger partial charge in [-0.15, -0.1) is 0 Å². The van der Waals surface area contributed by atoms with Crippen molar-refractivity contribution in [1.29, 1.82) is 0 Å². The van der Waals surface area contributed by atoms with Crippen molar-refractivity contribution < 1.29 is 54.9 Å². The predicted octanol–water partition coefficient (Wildman–Crippen LogP) is -3.98. The fraction of sp³-hybridized carbons (Fsp3) is 0.824. The third kappa shape index (κ3) is 10.8. The summed E-state index contributed by atoms with van der Waals surface area (Å²) in [6, 6.07) is -1.49. The fourth-order valence-corrected chi connectivity index (χ4v) is 2.46. The number of carboxylic acid groups (broad SMARTS) is 1. The molecule has 0 aromatic heterocycles. The number of carbonyl (C=O) groups is 3. The first-order valence-corrected chi connectivity index (χ1v) is 9.39. The summed E-state index contributed by atoms with van der Waals surface area (Å²) in [6.45, 7) is -0.381. The molecule has 2 amide bonds. The highest BCUT2D eigenvalue weighted by Crippen LogP contribution is 2.09. The molecule has 0 radical (unpaired) electrons. The van der Waals surface area contributed by atoms with Crippen molar-refractivity contribution in [3.8, 4) is 0 Å². The van der Waals surface area contributed by atoms with Crippen molar-refractivity contribution in [2.45, 2.75) is 69.2 Å². The second-order valence-electron chi connectivity index (χ2n) is 6.67. The molecule has 0 rings (SSSR count). The van der Waals surface area contributed by atoms with Crippen molar-refractivity contribution in [2.75, 3.05) is 19.9 Å². The minimum Gasteiger partial charge on any atom is -0.481 e. The molecule has 0 saturated heterocycles. The maximum atomic E-state index is 12.5. The highest BCUT2D eigenvalue weighted by atomic mass is 16.6. The Labute approximate surface area is 173 Å². The zero-order chi connectivity index (χ0) is 23.3. The molecular weight excluding hydrogens is 408 g/mol. The molecule has 0 heterocycles. The third-order valence-corrected chi connectivity index (χ3v) is 4.20. The molecule has 176 valence electrons. The quantitative estimate of drug-likeness (QED) is 0.105. The smallest absolute Gasteiger partial charge is 0.303 e. The number of hydrogen-bond donors (Lipinski definition) is 9. The van der Waals surface area contributed by atoms with Gasteiger partial charge in [0.05, 0.1) is 18.6 Å². The van der Waals surface area contributed by atoms with Crippen LogP contribution in [0, 0.1) is 0 Å². The minimum absolute atomic E-state index is 0.0479. The molecule has 0 spiro atoms. The Morgan fingerprint density at radius 2 is 1.63 bits per heavy atom. The molecular formula is C17H32N2O11. The third-order valence-electron chi connectivity index (χ3n) is 4.20. The first-order chi connectivity index (χ1) is 14.0. The normalized spacial score (nSPS) is 17.3. The van der Waals surface area contributed by atoms with Gasteiger partial charge in [-0.1, -0.05) is 0 Å². The average molecular weight is 440 g/mol. The summed E-state index contributed by atoms with van der Waals surface area (Å²) >= 11 is 0. The van der Waals surface area contributed by atoms with Crippen LogP contribution in [0.15, 0.2) is 0 Å². The minimum atomic E-state index is -1.68. The summed E-state index contributed by atoms with van der Waals surface area (Å²) in [6.07, 6.45) is -8.22. The van der Waals surface area contributed by atoms with Crippen LogP contribution in [-0.2, 0) is 19.1 Å². The summed E-state index contributed by atoms with van der Waals surface area (Å²) in [5.41, 5.74) is 0. The van der Waals surface area contributed by atoms with Crippen LogP contribution in [0.3, 0.4) is 0 Å². The second-order valence-corrected chi connectivity index (χ2v) is 6.67. The fourth-order valence-electron chi connectivity index (χ4n) is 2.46. The molecule has 13 nitrogen and oxygen atoms in total. The van der Waals surface area contributed by atoms with E-state index in [1.165, 1.54) is 6.92 Å². The number of aliphatic hydroxyl groups is 6. The van der Waals surface area contributed by atoms with Crippen LogP contribution in [0.2, 0.25) is 0 Å². The van der Waals surface area contributed by atoms with E-state index in [1.54, 1.807) is 0 Å². The monoisotopic (exact) mass is 440 g/mol. The van der Waals surface area contributed by atoms with Crippen LogP contribution < -0.4 is 10.6 Å². The van der Waals surface area contributed by atoms with Gasteiger partial charge in [0.25, 0.3) is 0 Å². The lowest BCUT2D eigenvalue weighted by atomic mass is 10.0. The van der Waals surface area contributed by atoms with E-state index in [-0.39, 0.29) is 19.4 Å². The number of aliphatic carboxylic acids is 1. The van der Waals surface area contributed by atoms with Crippen LogP contribution in [0.1, 0.15) is 32.6 Å². The summed E-state index contributed by atoms with van der Waals surface area (Å²) < 4.78 is 4.85. The SMILES string of the molecule is CC(O)C(O)C(O)[C@H](CNC(=O)C(NC(=O)CCC(=O)O)C(O)CCCO)OCO. The van der Waals surface area contributed by atoms with Crippen LogP contribution >= 0.6 is 0 Å². The van der Waals surface area contributed by atoms with E-state index >= 15 is 0 Å². The highest BCUT2D eigenvalue weighted by molar-refractivity contribution is 5.89. The maximum absolute atomic E-state index is 12.5. The number of carbonyl (C=O) groups excluding carboxylic acids is 2. The van der Waals surface area contributed by atoms with Crippen molar-refractivity contribution in [1.82, 2.24) is 10.6 Å². The lowest BCUT2D eigenvalue weighted by molar-refractivity contribution is -0.148. The van der Waals surface area contributed by atoms with E-state index in [4.69, 9.17) is 20.1 Å². The zero-order valence-electron chi connectivity index (χ0n) is 16.7. The van der Waals surface area contributed by atoms with Gasteiger partial charge in [0.1, 0.15) is 31.1 Å². The Kier molecular flexibility index (Phi) is 14.1. The van der Waals surface area contributed by atoms with Crippen LogP contribution in [0.5, 0.6) is 0 Å². The maximum Gasteiger partial charge on any atom is 0.303 e. The van der Waals surface area contributed by atoms with Gasteiger partial charge in [-0.05, 0) is 19.8 Å². The van der Waals surface area contributed by atoms with E-state index in [2.05, 4.69) is 10.6 Å². The summed E-state index contributed by atoms with van der Waals surface area (Å²) in [4.78, 5) is 34.9. The van der Waals surface area contributed by atoms with Gasteiger partial charge in [-0.2, -0.15) is 0 Å². The van der Waals surface area contributed by atoms with Gasteiger partial charge in [-0.25, -0.2) is 0 Å². The number of ether oxygens (including phenoxy) is 1. The van der Waals surface area contributed by atoms with E-state index < -0.39 is 80.5 Å². The first kappa shape index (κ1) is 28.1. The van der Waals surface area contributed by atoms with Gasteiger partial charge in [0.15, 0.2) is 0 Å². The molecule has 0 fully saturated rings. The van der Waals surface area contributed by atoms with Gasteiger partial charge in [0, 0.05) is 19.6 Å². The number of aliphatic hydroxyl groups excluding tert-OH is 6. The molecule has 0 aliphatic rings. The Bertz CT molecular complexity index is 532. The summed E-state index contributed by atoms with van der Waals surface area (Å²) in [5.74, 6) is -2.93. The molecule has 5 unspecified atom stereocenters. The standard InChI is InChI=1S/C17H32N2O11/c1-9(22)15(27)16(28)11(30-8-21)7-18-17(29)14(10(23)3-2-6-20)19-12(24)4-5-13(25)26/h9-11,14-16,20-23,27-28H,2-8H2,1H3,(H,18,29)(H,19,24)(H,25,26)/t9?,10?,11-,14?,15?,16?/m0/s1. The molecule has 30 heavy (non-hydrogen) atoms. The molecule has 6 atom stereocenters. The number of carboxylic acids is 1. The lowest BCUT2D eigenvalue weighted by Gasteiger charge is -2.29. The number of nitrogens with one attached hydrogen (secondary N) is 2. The van der Waals surface area contributed by atoms with Gasteiger partial charge in [-0.3, -0.25) is 14.4 Å². The molecule has 0 aromatic carbocycles. The predicted molar refractivity (Wildman–Crippen MR) is 99.8 cm³/mol. The Morgan fingerprint density at radius 1 is 1.00 bits per heavy atom. The lowest BCUT2D eigenvalue weighted by Crippen LogP contribution is -2.56. The van der Waals surface area contributed by atoms with Gasteiger partial charge >= 0.3 is 5.97 Å². The summed E-state index contributed by atoms with van der Waals surface area (Å²) in [7, 11) is 0. The first-order valence-electron chi connectivity index (χ1n) is 9.39. The Morgan fingerprint density at radius 3 is 2.13 bits per heavy atom. The average Bonchev–Trinajstić information content (AvgIpc) is 2.70. The number of hydrogen-bond acceptors (Lipinski definition) is 10. The highest BCUT2D eigenvalue weighted by Gasteiger charge is 2.33. The zero-order valence-corrected chi connectivity index (χ0v) is 16.7. The molecule has 0 aliphatic carbocycles. The Hall–Kier alpha value is -1.87. The number of rotatable bonds is 16. The van der Waals surface area contributed by atoms with Gasteiger partial charge in [0.2, 0.25) is 11.8 Å².